The highest BCUT2D eigenvalue weighted by molar-refractivity contribution is 5.79. The van der Waals surface area contributed by atoms with Crippen molar-refractivity contribution in [2.75, 3.05) is 7.11 Å². The van der Waals surface area contributed by atoms with E-state index in [1.807, 2.05) is 6.07 Å². The van der Waals surface area contributed by atoms with Crippen LogP contribution in [0.4, 0.5) is 5.69 Å². The van der Waals surface area contributed by atoms with E-state index in [0.717, 1.165) is 6.20 Å². The Bertz CT molecular complexity index is 1260. The summed E-state index contributed by atoms with van der Waals surface area (Å²) in [7, 11) is 1.49. The van der Waals surface area contributed by atoms with Gasteiger partial charge in [0.2, 0.25) is 0 Å². The Balaban J connectivity index is 1.61. The third kappa shape index (κ3) is 3.63. The van der Waals surface area contributed by atoms with Crippen LogP contribution in [0.3, 0.4) is 0 Å². The molecule has 0 fully saturated rings. The summed E-state index contributed by atoms with van der Waals surface area (Å²) < 4.78 is 12.3. The molecule has 2 aromatic carbocycles. The van der Waals surface area contributed by atoms with Crippen molar-refractivity contribution < 1.29 is 14.4 Å². The average Bonchev–Trinajstić information content (AvgIpc) is 3.21. The molecule has 0 saturated heterocycles. The minimum atomic E-state index is -0.532. The van der Waals surface area contributed by atoms with Crippen molar-refractivity contribution in [2.24, 2.45) is 0 Å². The van der Waals surface area contributed by atoms with Gasteiger partial charge in [0.25, 0.3) is 5.56 Å². The van der Waals surface area contributed by atoms with Crippen molar-refractivity contribution in [3.8, 4) is 22.9 Å². The van der Waals surface area contributed by atoms with Crippen molar-refractivity contribution >= 4 is 16.6 Å². The number of H-pyrrole nitrogens is 1. The van der Waals surface area contributed by atoms with E-state index in [4.69, 9.17) is 9.47 Å². The van der Waals surface area contributed by atoms with E-state index in [1.165, 1.54) is 18.0 Å². The highest BCUT2D eigenvalue weighted by Crippen LogP contribution is 2.31. The van der Waals surface area contributed by atoms with Crippen LogP contribution < -0.4 is 15.0 Å². The molecule has 0 unspecified atom stereocenters. The topological polar surface area (TPSA) is 125 Å². The monoisotopic (exact) mass is 393 g/mol. The first-order valence-electron chi connectivity index (χ1n) is 8.52. The normalized spacial score (nSPS) is 10.8. The van der Waals surface area contributed by atoms with Gasteiger partial charge in [-0.3, -0.25) is 14.9 Å². The van der Waals surface area contributed by atoms with Crippen LogP contribution in [0.1, 0.15) is 0 Å². The van der Waals surface area contributed by atoms with E-state index in [2.05, 4.69) is 15.1 Å². The van der Waals surface area contributed by atoms with E-state index >= 15 is 0 Å². The first-order valence-corrected chi connectivity index (χ1v) is 8.52. The van der Waals surface area contributed by atoms with Gasteiger partial charge in [-0.15, -0.1) is 0 Å². The molecule has 2 aromatic heterocycles. The number of nitro groups is 1. The van der Waals surface area contributed by atoms with Crippen molar-refractivity contribution in [3.05, 3.63) is 75.3 Å². The van der Waals surface area contributed by atoms with Gasteiger partial charge >= 0.3 is 5.69 Å². The van der Waals surface area contributed by atoms with Gasteiger partial charge in [0.15, 0.2) is 18.2 Å². The lowest BCUT2D eigenvalue weighted by atomic mass is 10.1. The van der Waals surface area contributed by atoms with Crippen molar-refractivity contribution in [1.82, 2.24) is 19.7 Å². The number of hydrogen-bond donors (Lipinski definition) is 1. The second-order valence-corrected chi connectivity index (χ2v) is 6.07. The van der Waals surface area contributed by atoms with E-state index in [0.29, 0.717) is 33.8 Å². The molecule has 146 valence electrons. The van der Waals surface area contributed by atoms with Crippen LogP contribution in [0, 0.1) is 10.1 Å². The molecule has 0 spiro atoms. The molecule has 0 aliphatic heterocycles. The molecule has 0 amide bonds. The molecule has 4 rings (SSSR count). The maximum Gasteiger partial charge on any atom is 0.307 e. The molecule has 1 N–H and O–H groups in total. The van der Waals surface area contributed by atoms with Crippen LogP contribution in [-0.2, 0) is 6.73 Å². The smallest absolute Gasteiger partial charge is 0.307 e. The van der Waals surface area contributed by atoms with Gasteiger partial charge in [0.1, 0.15) is 18.2 Å². The minimum Gasteiger partial charge on any atom is -0.493 e. The summed E-state index contributed by atoms with van der Waals surface area (Å²) >= 11 is 0. The number of methoxy groups -OCH3 is 1. The summed E-state index contributed by atoms with van der Waals surface area (Å²) in [4.78, 5) is 29.8. The number of benzene rings is 2. The Morgan fingerprint density at radius 3 is 2.79 bits per heavy atom. The standard InChI is InChI=1S/C19H15N5O5/c1-28-17-8-12(18-21-15-5-3-2-4-14(15)19(25)22-18)6-7-16(17)29-11-23-10-13(9-20-23)24(26)27/h2-10H,11H2,1H3,(H,21,22,25). The van der Waals surface area contributed by atoms with E-state index in [-0.39, 0.29) is 18.0 Å². The lowest BCUT2D eigenvalue weighted by molar-refractivity contribution is -0.385. The molecule has 4 aromatic rings. The largest absolute Gasteiger partial charge is 0.493 e. The molecule has 0 saturated carbocycles. The number of ether oxygens (including phenoxy) is 2. The maximum absolute atomic E-state index is 12.3. The number of nitrogens with one attached hydrogen (secondary N) is 1. The molecule has 0 atom stereocenters. The lowest BCUT2D eigenvalue weighted by Gasteiger charge is -2.12. The van der Waals surface area contributed by atoms with Gasteiger partial charge in [0.05, 0.1) is 22.9 Å². The Labute approximate surface area is 163 Å². The molecule has 0 radical (unpaired) electrons. The van der Waals surface area contributed by atoms with Gasteiger partial charge in [-0.25, -0.2) is 9.67 Å². The van der Waals surface area contributed by atoms with Crippen LogP contribution in [-0.4, -0.2) is 31.8 Å². The molecule has 2 heterocycles. The third-order valence-electron chi connectivity index (χ3n) is 4.23. The predicted octanol–water partition coefficient (Wildman–Crippen LogP) is 2.74. The fourth-order valence-electron chi connectivity index (χ4n) is 2.81. The maximum atomic E-state index is 12.3. The SMILES string of the molecule is COc1cc(-c2nc3ccccc3c(=O)[nH]2)ccc1OCn1cc([N+](=O)[O-])cn1. The molecule has 10 heteroatoms. The zero-order valence-corrected chi connectivity index (χ0v) is 15.2. The minimum absolute atomic E-state index is 0.0331. The molecule has 10 nitrogen and oxygen atoms in total. The molecule has 0 aliphatic rings. The highest BCUT2D eigenvalue weighted by atomic mass is 16.6. The second kappa shape index (κ2) is 7.43. The van der Waals surface area contributed by atoms with E-state index in [9.17, 15) is 14.9 Å². The Hall–Kier alpha value is -4.21. The Morgan fingerprint density at radius 2 is 2.03 bits per heavy atom. The van der Waals surface area contributed by atoms with Crippen LogP contribution in [0.2, 0.25) is 0 Å². The number of hydrogen-bond acceptors (Lipinski definition) is 7. The average molecular weight is 393 g/mol. The van der Waals surface area contributed by atoms with Crippen LogP contribution >= 0.6 is 0 Å². The van der Waals surface area contributed by atoms with Crippen molar-refractivity contribution in [1.29, 1.82) is 0 Å². The summed E-state index contributed by atoms with van der Waals surface area (Å²) in [6.45, 7) is -0.0331. The van der Waals surface area contributed by atoms with Crippen LogP contribution in [0.15, 0.2) is 59.7 Å². The van der Waals surface area contributed by atoms with E-state index in [1.54, 1.807) is 36.4 Å². The fourth-order valence-corrected chi connectivity index (χ4v) is 2.81. The number of aromatic nitrogens is 4. The predicted molar refractivity (Wildman–Crippen MR) is 104 cm³/mol. The van der Waals surface area contributed by atoms with Crippen molar-refractivity contribution in [3.63, 3.8) is 0 Å². The summed E-state index contributed by atoms with van der Waals surface area (Å²) in [5.41, 5.74) is 0.880. The highest BCUT2D eigenvalue weighted by Gasteiger charge is 2.12. The molecule has 29 heavy (non-hydrogen) atoms. The van der Waals surface area contributed by atoms with Gasteiger partial charge in [-0.1, -0.05) is 12.1 Å². The number of fused-ring (bicyclic) bond motifs is 1. The second-order valence-electron chi connectivity index (χ2n) is 6.07. The first kappa shape index (κ1) is 18.2. The summed E-state index contributed by atoms with van der Waals surface area (Å²) in [6, 6.07) is 12.2. The fraction of sp³-hybridized carbons (Fsp3) is 0.105. The number of rotatable bonds is 6. The Morgan fingerprint density at radius 1 is 1.21 bits per heavy atom. The molecular formula is C19H15N5O5. The zero-order valence-electron chi connectivity index (χ0n) is 15.2. The lowest BCUT2D eigenvalue weighted by Crippen LogP contribution is -2.09. The summed E-state index contributed by atoms with van der Waals surface area (Å²) in [5, 5.41) is 15.1. The van der Waals surface area contributed by atoms with Gasteiger partial charge in [-0.2, -0.15) is 5.10 Å². The van der Waals surface area contributed by atoms with Gasteiger partial charge < -0.3 is 14.5 Å². The summed E-state index contributed by atoms with van der Waals surface area (Å²) in [6.07, 6.45) is 2.41. The first-order chi connectivity index (χ1) is 14.0. The number of nitrogens with zero attached hydrogens (tertiary/aromatic N) is 4. The zero-order chi connectivity index (χ0) is 20.4. The van der Waals surface area contributed by atoms with Crippen molar-refractivity contribution in [2.45, 2.75) is 6.73 Å². The Kier molecular flexibility index (Phi) is 4.65. The summed E-state index contributed by atoms with van der Waals surface area (Å²) in [5.74, 6) is 1.23. The number of para-hydroxylation sites is 1. The quantitative estimate of drug-likeness (QED) is 0.394. The third-order valence-corrected chi connectivity index (χ3v) is 4.23. The molecule has 0 aliphatic carbocycles. The van der Waals surface area contributed by atoms with Crippen LogP contribution in [0.25, 0.3) is 22.3 Å². The van der Waals surface area contributed by atoms with Gasteiger partial charge in [0, 0.05) is 5.56 Å². The molecule has 0 bridgehead atoms. The van der Waals surface area contributed by atoms with Crippen LogP contribution in [0.5, 0.6) is 11.5 Å². The van der Waals surface area contributed by atoms with E-state index < -0.39 is 4.92 Å². The molecular weight excluding hydrogens is 378 g/mol. The number of aromatic amines is 1. The van der Waals surface area contributed by atoms with Gasteiger partial charge in [-0.05, 0) is 30.3 Å².